The Hall–Kier alpha value is -0.820. The quantitative estimate of drug-likeness (QED) is 0.803. The van der Waals surface area contributed by atoms with Crippen LogP contribution in [0.25, 0.3) is 0 Å². The molecule has 19 heavy (non-hydrogen) atoms. The van der Waals surface area contributed by atoms with E-state index in [9.17, 15) is 0 Å². The van der Waals surface area contributed by atoms with Gasteiger partial charge in [0.1, 0.15) is 0 Å². The van der Waals surface area contributed by atoms with Gasteiger partial charge >= 0.3 is 0 Å². The minimum atomic E-state index is 0.606. The molecular formula is C18H27N. The summed E-state index contributed by atoms with van der Waals surface area (Å²) in [7, 11) is 0. The molecule has 3 rings (SSSR count). The monoisotopic (exact) mass is 257 g/mol. The molecule has 0 amide bonds. The lowest BCUT2D eigenvalue weighted by atomic mass is 9.79. The summed E-state index contributed by atoms with van der Waals surface area (Å²) >= 11 is 0. The fourth-order valence-electron chi connectivity index (χ4n) is 3.73. The highest BCUT2D eigenvalue weighted by molar-refractivity contribution is 5.28. The van der Waals surface area contributed by atoms with Gasteiger partial charge in [-0.2, -0.15) is 0 Å². The molecule has 1 aromatic carbocycles. The maximum absolute atomic E-state index is 3.64. The average molecular weight is 257 g/mol. The highest BCUT2D eigenvalue weighted by atomic mass is 14.9. The summed E-state index contributed by atoms with van der Waals surface area (Å²) in [6.07, 6.45) is 9.63. The van der Waals surface area contributed by atoms with Crippen molar-refractivity contribution < 1.29 is 0 Å². The lowest BCUT2D eigenvalue weighted by Crippen LogP contribution is -2.26. The Bertz CT molecular complexity index is 381. The number of nitrogens with one attached hydrogen (secondary N) is 1. The molecule has 0 aromatic heterocycles. The van der Waals surface area contributed by atoms with E-state index < -0.39 is 0 Å². The Labute approximate surface area is 117 Å². The normalized spacial score (nSPS) is 32.2. The van der Waals surface area contributed by atoms with Gasteiger partial charge in [-0.15, -0.1) is 0 Å². The lowest BCUT2D eigenvalue weighted by molar-refractivity contribution is 0.348. The Morgan fingerprint density at radius 2 is 1.53 bits per heavy atom. The summed E-state index contributed by atoms with van der Waals surface area (Å²) in [6, 6.07) is 10.1. The lowest BCUT2D eigenvalue weighted by Gasteiger charge is -2.27. The molecule has 1 atom stereocenters. The van der Waals surface area contributed by atoms with Gasteiger partial charge in [-0.25, -0.2) is 0 Å². The fourth-order valence-corrected chi connectivity index (χ4v) is 3.73. The van der Waals surface area contributed by atoms with Crippen molar-refractivity contribution in [3.8, 4) is 0 Å². The summed E-state index contributed by atoms with van der Waals surface area (Å²) in [5, 5.41) is 3.64. The van der Waals surface area contributed by atoms with Gasteiger partial charge in [0.2, 0.25) is 0 Å². The van der Waals surface area contributed by atoms with Gasteiger partial charge in [0.05, 0.1) is 0 Å². The van der Waals surface area contributed by atoms with E-state index in [1.807, 2.05) is 0 Å². The topological polar surface area (TPSA) is 12.0 Å². The van der Waals surface area contributed by atoms with E-state index in [-0.39, 0.29) is 0 Å². The molecule has 0 bridgehead atoms. The molecule has 1 aromatic rings. The van der Waals surface area contributed by atoms with Gasteiger partial charge in [0, 0.05) is 6.04 Å². The number of hydrogen-bond donors (Lipinski definition) is 1. The first-order chi connectivity index (χ1) is 9.33. The summed E-state index contributed by atoms with van der Waals surface area (Å²) in [5.74, 6) is 1.77. The third kappa shape index (κ3) is 3.20. The molecule has 2 aliphatic rings. The first-order valence-electron chi connectivity index (χ1n) is 8.16. The van der Waals surface area contributed by atoms with Gasteiger partial charge in [0.25, 0.3) is 0 Å². The highest BCUT2D eigenvalue weighted by Gasteiger charge is 2.20. The van der Waals surface area contributed by atoms with Crippen LogP contribution in [0.3, 0.4) is 0 Å². The van der Waals surface area contributed by atoms with Crippen LogP contribution < -0.4 is 5.32 Å². The van der Waals surface area contributed by atoms with E-state index in [1.165, 1.54) is 57.1 Å². The maximum atomic E-state index is 3.64. The van der Waals surface area contributed by atoms with E-state index in [1.54, 1.807) is 5.56 Å². The molecule has 1 saturated carbocycles. The molecular weight excluding hydrogens is 230 g/mol. The van der Waals surface area contributed by atoms with Crippen molar-refractivity contribution in [2.75, 3.05) is 6.54 Å². The van der Waals surface area contributed by atoms with Crippen molar-refractivity contribution in [1.29, 1.82) is 0 Å². The molecule has 1 heteroatoms. The van der Waals surface area contributed by atoms with Crippen LogP contribution in [0.4, 0.5) is 0 Å². The molecule has 1 aliphatic heterocycles. The minimum Gasteiger partial charge on any atom is -0.310 e. The summed E-state index contributed by atoms with van der Waals surface area (Å²) in [4.78, 5) is 0. The number of benzene rings is 1. The fraction of sp³-hybridized carbons (Fsp3) is 0.667. The molecule has 1 N–H and O–H groups in total. The van der Waals surface area contributed by atoms with Crippen molar-refractivity contribution in [3.05, 3.63) is 35.4 Å². The smallest absolute Gasteiger partial charge is 0.0320 e. The van der Waals surface area contributed by atoms with Crippen LogP contribution in [0.2, 0.25) is 0 Å². The SMILES string of the molecule is CC1CCC(c2ccc(C3CCCCN3)cc2)CC1. The zero-order valence-corrected chi connectivity index (χ0v) is 12.2. The molecule has 1 aliphatic carbocycles. The largest absolute Gasteiger partial charge is 0.310 e. The third-order valence-electron chi connectivity index (χ3n) is 5.14. The zero-order valence-electron chi connectivity index (χ0n) is 12.2. The van der Waals surface area contributed by atoms with Gasteiger partial charge < -0.3 is 5.32 Å². The van der Waals surface area contributed by atoms with Gasteiger partial charge in [-0.05, 0) is 55.2 Å². The van der Waals surface area contributed by atoms with Gasteiger partial charge in [-0.1, -0.05) is 50.5 Å². The van der Waals surface area contributed by atoms with Crippen LogP contribution in [-0.2, 0) is 0 Å². The number of hydrogen-bond acceptors (Lipinski definition) is 1. The molecule has 1 heterocycles. The minimum absolute atomic E-state index is 0.606. The van der Waals surface area contributed by atoms with Crippen molar-refractivity contribution in [2.24, 2.45) is 5.92 Å². The molecule has 104 valence electrons. The second-order valence-corrected chi connectivity index (χ2v) is 6.63. The zero-order chi connectivity index (χ0) is 13.1. The predicted molar refractivity (Wildman–Crippen MR) is 81.4 cm³/mol. The van der Waals surface area contributed by atoms with Crippen LogP contribution in [0.15, 0.2) is 24.3 Å². The van der Waals surface area contributed by atoms with Crippen LogP contribution in [-0.4, -0.2) is 6.54 Å². The maximum Gasteiger partial charge on any atom is 0.0320 e. The van der Waals surface area contributed by atoms with E-state index in [4.69, 9.17) is 0 Å². The molecule has 0 spiro atoms. The van der Waals surface area contributed by atoms with E-state index in [0.717, 1.165) is 11.8 Å². The number of rotatable bonds is 2. The van der Waals surface area contributed by atoms with E-state index in [2.05, 4.69) is 36.5 Å². The van der Waals surface area contributed by atoms with Crippen molar-refractivity contribution in [3.63, 3.8) is 0 Å². The standard InChI is InChI=1S/C18H27N/c1-14-5-7-15(8-6-14)16-9-11-17(12-10-16)18-4-2-3-13-19-18/h9-12,14-15,18-19H,2-8,13H2,1H3. The molecule has 1 unspecified atom stereocenters. The molecule has 2 fully saturated rings. The summed E-state index contributed by atoms with van der Waals surface area (Å²) in [5.41, 5.74) is 3.07. The number of piperidine rings is 1. The van der Waals surface area contributed by atoms with Crippen LogP contribution in [0.5, 0.6) is 0 Å². The van der Waals surface area contributed by atoms with Crippen LogP contribution in [0.1, 0.15) is 75.0 Å². The predicted octanol–water partition coefficient (Wildman–Crippen LogP) is 4.79. The highest BCUT2D eigenvalue weighted by Crippen LogP contribution is 2.36. The van der Waals surface area contributed by atoms with Crippen LogP contribution in [0, 0.1) is 5.92 Å². The second-order valence-electron chi connectivity index (χ2n) is 6.63. The van der Waals surface area contributed by atoms with Gasteiger partial charge in [0.15, 0.2) is 0 Å². The summed E-state index contributed by atoms with van der Waals surface area (Å²) in [6.45, 7) is 3.58. The van der Waals surface area contributed by atoms with Crippen molar-refractivity contribution >= 4 is 0 Å². The van der Waals surface area contributed by atoms with E-state index >= 15 is 0 Å². The summed E-state index contributed by atoms with van der Waals surface area (Å²) < 4.78 is 0. The first-order valence-corrected chi connectivity index (χ1v) is 8.16. The Morgan fingerprint density at radius 3 is 2.16 bits per heavy atom. The average Bonchev–Trinajstić information content (AvgIpc) is 2.49. The van der Waals surface area contributed by atoms with Crippen molar-refractivity contribution in [1.82, 2.24) is 5.32 Å². The third-order valence-corrected chi connectivity index (χ3v) is 5.14. The molecule has 1 saturated heterocycles. The van der Waals surface area contributed by atoms with Crippen LogP contribution >= 0.6 is 0 Å². The molecule has 0 radical (unpaired) electrons. The second kappa shape index (κ2) is 6.09. The van der Waals surface area contributed by atoms with E-state index in [0.29, 0.717) is 6.04 Å². The molecule has 1 nitrogen and oxygen atoms in total. The first kappa shape index (κ1) is 13.2. The Morgan fingerprint density at radius 1 is 0.842 bits per heavy atom. The Kier molecular flexibility index (Phi) is 4.22. The van der Waals surface area contributed by atoms with Crippen molar-refractivity contribution in [2.45, 2.75) is 63.8 Å². The Balaban J connectivity index is 1.65. The van der Waals surface area contributed by atoms with Gasteiger partial charge in [-0.3, -0.25) is 0 Å².